The highest BCUT2D eigenvalue weighted by Crippen LogP contribution is 2.24. The van der Waals surface area contributed by atoms with Crippen molar-refractivity contribution in [3.63, 3.8) is 0 Å². The van der Waals surface area contributed by atoms with Crippen LogP contribution in [0.2, 0.25) is 0 Å². The van der Waals surface area contributed by atoms with Gasteiger partial charge in [0.25, 0.3) is 0 Å². The van der Waals surface area contributed by atoms with Gasteiger partial charge in [-0.1, -0.05) is 0 Å². The first-order valence-corrected chi connectivity index (χ1v) is 6.13. The molecule has 0 amide bonds. The van der Waals surface area contributed by atoms with E-state index < -0.39 is 5.41 Å². The number of hydrogen-bond donors (Lipinski definition) is 1. The zero-order valence-corrected chi connectivity index (χ0v) is 11.1. The second-order valence-electron chi connectivity index (χ2n) is 5.71. The Bertz CT molecular complexity index is 436. The van der Waals surface area contributed by atoms with E-state index in [0.717, 1.165) is 13.0 Å². The third-order valence-electron chi connectivity index (χ3n) is 2.95. The van der Waals surface area contributed by atoms with Crippen LogP contribution in [0.4, 0.5) is 5.69 Å². The number of nitrogens with zero attached hydrogens (tertiary/aromatic N) is 3. The zero-order chi connectivity index (χ0) is 13.3. The smallest absolute Gasteiger partial charge is 0.330 e. The second-order valence-corrected chi connectivity index (χ2v) is 5.71. The molecular formula is C12H20N4O2. The van der Waals surface area contributed by atoms with Crippen molar-refractivity contribution in [3.05, 3.63) is 12.4 Å². The standard InChI is InChI=1S/C12H20N4O2/c1-12(2,3)11(17)18-15-5-4-10(8-15)16-7-9(13)6-14-16/h6-7,10H,4-5,8,13H2,1-3H3. The third-order valence-corrected chi connectivity index (χ3v) is 2.95. The van der Waals surface area contributed by atoms with Crippen molar-refractivity contribution in [2.24, 2.45) is 5.41 Å². The zero-order valence-electron chi connectivity index (χ0n) is 11.1. The highest BCUT2D eigenvalue weighted by Gasteiger charge is 2.31. The maximum Gasteiger partial charge on any atom is 0.330 e. The molecule has 100 valence electrons. The Morgan fingerprint density at radius 1 is 1.56 bits per heavy atom. The van der Waals surface area contributed by atoms with Crippen LogP contribution in [0.15, 0.2) is 12.4 Å². The molecule has 0 bridgehead atoms. The van der Waals surface area contributed by atoms with Crippen LogP contribution < -0.4 is 5.73 Å². The van der Waals surface area contributed by atoms with E-state index in [1.54, 1.807) is 17.5 Å². The summed E-state index contributed by atoms with van der Waals surface area (Å²) in [4.78, 5) is 17.1. The van der Waals surface area contributed by atoms with Gasteiger partial charge in [0.15, 0.2) is 0 Å². The fourth-order valence-corrected chi connectivity index (χ4v) is 1.82. The summed E-state index contributed by atoms with van der Waals surface area (Å²) in [5.74, 6) is -0.205. The summed E-state index contributed by atoms with van der Waals surface area (Å²) in [5.41, 5.74) is 5.81. The minimum absolute atomic E-state index is 0.205. The summed E-state index contributed by atoms with van der Waals surface area (Å²) in [5, 5.41) is 5.89. The van der Waals surface area contributed by atoms with Gasteiger partial charge < -0.3 is 10.6 Å². The molecule has 1 saturated heterocycles. The van der Waals surface area contributed by atoms with Gasteiger partial charge in [-0.05, 0) is 27.2 Å². The number of carbonyl (C=O) groups excluding carboxylic acids is 1. The van der Waals surface area contributed by atoms with Crippen LogP contribution in [-0.2, 0) is 9.63 Å². The quantitative estimate of drug-likeness (QED) is 0.856. The van der Waals surface area contributed by atoms with Gasteiger partial charge in [-0.25, -0.2) is 4.79 Å². The Labute approximate surface area is 107 Å². The maximum absolute atomic E-state index is 11.8. The fraction of sp³-hybridized carbons (Fsp3) is 0.667. The average molecular weight is 252 g/mol. The summed E-state index contributed by atoms with van der Waals surface area (Å²) in [6.45, 7) is 6.92. The lowest BCUT2D eigenvalue weighted by Crippen LogP contribution is -2.32. The Kier molecular flexibility index (Phi) is 3.30. The first-order chi connectivity index (χ1) is 8.36. The van der Waals surface area contributed by atoms with Gasteiger partial charge in [-0.3, -0.25) is 4.68 Å². The number of nitrogen functional groups attached to an aromatic ring is 1. The summed E-state index contributed by atoms with van der Waals surface area (Å²) in [7, 11) is 0. The Morgan fingerprint density at radius 2 is 2.28 bits per heavy atom. The molecule has 0 aromatic carbocycles. The Morgan fingerprint density at radius 3 is 2.83 bits per heavy atom. The summed E-state index contributed by atoms with van der Waals surface area (Å²) >= 11 is 0. The summed E-state index contributed by atoms with van der Waals surface area (Å²) < 4.78 is 1.83. The summed E-state index contributed by atoms with van der Waals surface area (Å²) in [6.07, 6.45) is 4.34. The van der Waals surface area contributed by atoms with E-state index in [4.69, 9.17) is 10.6 Å². The molecule has 1 aromatic heterocycles. The molecular weight excluding hydrogens is 232 g/mol. The van der Waals surface area contributed by atoms with Crippen molar-refractivity contribution >= 4 is 11.7 Å². The van der Waals surface area contributed by atoms with Gasteiger partial charge >= 0.3 is 5.97 Å². The molecule has 1 unspecified atom stereocenters. The highest BCUT2D eigenvalue weighted by atomic mass is 16.7. The lowest BCUT2D eigenvalue weighted by molar-refractivity contribution is -0.195. The van der Waals surface area contributed by atoms with Crippen molar-refractivity contribution in [3.8, 4) is 0 Å². The lowest BCUT2D eigenvalue weighted by Gasteiger charge is -2.21. The number of anilines is 1. The molecule has 1 fully saturated rings. The molecule has 0 radical (unpaired) electrons. The molecule has 6 heteroatoms. The number of nitrogens with two attached hydrogens (primary N) is 1. The topological polar surface area (TPSA) is 73.4 Å². The van der Waals surface area contributed by atoms with Gasteiger partial charge in [0.05, 0.1) is 29.9 Å². The number of hydroxylamine groups is 2. The van der Waals surface area contributed by atoms with Crippen molar-refractivity contribution in [2.45, 2.75) is 33.2 Å². The first-order valence-electron chi connectivity index (χ1n) is 6.13. The van der Waals surface area contributed by atoms with Crippen molar-refractivity contribution < 1.29 is 9.63 Å². The van der Waals surface area contributed by atoms with E-state index in [9.17, 15) is 4.79 Å². The van der Waals surface area contributed by atoms with Crippen LogP contribution in [0.3, 0.4) is 0 Å². The predicted molar refractivity (Wildman–Crippen MR) is 67.4 cm³/mol. The minimum atomic E-state index is -0.478. The molecule has 1 atom stereocenters. The van der Waals surface area contributed by atoms with Crippen LogP contribution in [0, 0.1) is 5.41 Å². The van der Waals surface area contributed by atoms with Gasteiger partial charge in [0.2, 0.25) is 0 Å². The Balaban J connectivity index is 1.91. The van der Waals surface area contributed by atoms with E-state index in [0.29, 0.717) is 12.2 Å². The molecule has 0 spiro atoms. The van der Waals surface area contributed by atoms with Crippen molar-refractivity contribution in [2.75, 3.05) is 18.8 Å². The molecule has 2 heterocycles. The minimum Gasteiger partial charge on any atom is -0.396 e. The molecule has 18 heavy (non-hydrogen) atoms. The number of hydrogen-bond acceptors (Lipinski definition) is 5. The molecule has 1 aliphatic heterocycles. The van der Waals surface area contributed by atoms with Crippen LogP contribution in [0.1, 0.15) is 33.2 Å². The molecule has 2 rings (SSSR count). The Hall–Kier alpha value is -1.56. The normalized spacial score (nSPS) is 21.2. The lowest BCUT2D eigenvalue weighted by atomic mass is 9.98. The van der Waals surface area contributed by atoms with Gasteiger partial charge in [0.1, 0.15) is 0 Å². The number of aromatic nitrogens is 2. The molecule has 1 aromatic rings. The largest absolute Gasteiger partial charge is 0.396 e. The third kappa shape index (κ3) is 2.81. The molecule has 0 aliphatic carbocycles. The van der Waals surface area contributed by atoms with Crippen molar-refractivity contribution in [1.29, 1.82) is 0 Å². The van der Waals surface area contributed by atoms with E-state index >= 15 is 0 Å². The predicted octanol–water partition coefficient (Wildman–Crippen LogP) is 1.22. The van der Waals surface area contributed by atoms with Crippen LogP contribution in [-0.4, -0.2) is 33.9 Å². The number of carbonyl (C=O) groups is 1. The van der Waals surface area contributed by atoms with Crippen molar-refractivity contribution in [1.82, 2.24) is 14.8 Å². The highest BCUT2D eigenvalue weighted by molar-refractivity contribution is 5.75. The summed E-state index contributed by atoms with van der Waals surface area (Å²) in [6, 6.07) is 0.218. The average Bonchev–Trinajstić information content (AvgIpc) is 2.85. The molecule has 6 nitrogen and oxygen atoms in total. The SMILES string of the molecule is CC(C)(C)C(=O)ON1CCC(n2cc(N)cn2)C1. The van der Waals surface area contributed by atoms with E-state index in [1.807, 2.05) is 25.5 Å². The first kappa shape index (κ1) is 12.9. The van der Waals surface area contributed by atoms with Gasteiger partial charge in [-0.2, -0.15) is 5.10 Å². The van der Waals surface area contributed by atoms with E-state index in [1.165, 1.54) is 0 Å². The monoisotopic (exact) mass is 252 g/mol. The van der Waals surface area contributed by atoms with Gasteiger partial charge in [-0.15, -0.1) is 5.06 Å². The number of rotatable bonds is 2. The molecule has 2 N–H and O–H groups in total. The van der Waals surface area contributed by atoms with Gasteiger partial charge in [0, 0.05) is 12.7 Å². The van der Waals surface area contributed by atoms with E-state index in [2.05, 4.69) is 5.10 Å². The second kappa shape index (κ2) is 4.61. The molecule has 1 aliphatic rings. The van der Waals surface area contributed by atoms with Crippen LogP contribution >= 0.6 is 0 Å². The maximum atomic E-state index is 11.8. The fourth-order valence-electron chi connectivity index (χ4n) is 1.82. The van der Waals surface area contributed by atoms with Crippen LogP contribution in [0.5, 0.6) is 0 Å². The molecule has 0 saturated carbocycles. The van der Waals surface area contributed by atoms with E-state index in [-0.39, 0.29) is 12.0 Å². The van der Waals surface area contributed by atoms with Crippen LogP contribution in [0.25, 0.3) is 0 Å².